The fourth-order valence-electron chi connectivity index (χ4n) is 2.62. The van der Waals surface area contributed by atoms with Gasteiger partial charge in [-0.2, -0.15) is 0 Å². The maximum absolute atomic E-state index is 12.8. The molecule has 1 amide bonds. The summed E-state index contributed by atoms with van der Waals surface area (Å²) in [6, 6.07) is 0. The summed E-state index contributed by atoms with van der Waals surface area (Å²) in [7, 11) is 0. The van der Waals surface area contributed by atoms with E-state index in [0.29, 0.717) is 10.8 Å². The van der Waals surface area contributed by atoms with Crippen LogP contribution in [0.5, 0.6) is 0 Å². The number of likely N-dealkylation sites (tertiary alicyclic amines) is 1. The van der Waals surface area contributed by atoms with E-state index < -0.39 is 12.0 Å². The van der Waals surface area contributed by atoms with Crippen molar-refractivity contribution in [2.75, 3.05) is 13.1 Å². The highest BCUT2D eigenvalue weighted by molar-refractivity contribution is 7.13. The van der Waals surface area contributed by atoms with Gasteiger partial charge in [0.2, 0.25) is 0 Å². The molecule has 22 heavy (non-hydrogen) atoms. The summed E-state index contributed by atoms with van der Waals surface area (Å²) < 4.78 is 25.6. The van der Waals surface area contributed by atoms with E-state index in [-0.39, 0.29) is 31.8 Å². The van der Waals surface area contributed by atoms with Crippen LogP contribution in [0.15, 0.2) is 0 Å². The molecule has 0 unspecified atom stereocenters. The first kappa shape index (κ1) is 17.3. The Bertz CT molecular complexity index is 538. The summed E-state index contributed by atoms with van der Waals surface area (Å²) in [6.45, 7) is 6.28. The minimum Gasteiger partial charge on any atom is -0.384 e. The van der Waals surface area contributed by atoms with Crippen molar-refractivity contribution in [3.8, 4) is 0 Å². The van der Waals surface area contributed by atoms with E-state index in [2.05, 4.69) is 18.8 Å². The molecule has 1 aliphatic rings. The molecular weight excluding hydrogens is 310 g/mol. The van der Waals surface area contributed by atoms with E-state index in [1.165, 1.54) is 11.3 Å². The van der Waals surface area contributed by atoms with Gasteiger partial charge in [-0.3, -0.25) is 4.79 Å². The smallest absolute Gasteiger partial charge is 0.266 e. The van der Waals surface area contributed by atoms with E-state index in [9.17, 15) is 18.7 Å². The summed E-state index contributed by atoms with van der Waals surface area (Å²) in [4.78, 5) is 19.2. The first-order valence-corrected chi connectivity index (χ1v) is 8.30. The molecule has 4 nitrogen and oxygen atoms in total. The van der Waals surface area contributed by atoms with Gasteiger partial charge in [0.15, 0.2) is 0 Å². The van der Waals surface area contributed by atoms with Crippen molar-refractivity contribution in [3.05, 3.63) is 15.6 Å². The van der Waals surface area contributed by atoms with Gasteiger partial charge in [0, 0.05) is 13.1 Å². The predicted molar refractivity (Wildman–Crippen MR) is 81.5 cm³/mol. The topological polar surface area (TPSA) is 53.4 Å². The average molecular weight is 332 g/mol. The number of thiazole rings is 1. The molecule has 0 saturated carbocycles. The van der Waals surface area contributed by atoms with E-state index in [1.54, 1.807) is 4.90 Å². The molecule has 7 heteroatoms. The zero-order valence-electron chi connectivity index (χ0n) is 13.1. The highest BCUT2D eigenvalue weighted by Crippen LogP contribution is 2.30. The Labute approximate surface area is 133 Å². The number of carbonyl (C=O) groups excluding carboxylic acids is 1. The number of alkyl halides is 2. The number of halogens is 2. The molecule has 1 aliphatic heterocycles. The van der Waals surface area contributed by atoms with Crippen LogP contribution in [0.3, 0.4) is 0 Å². The van der Waals surface area contributed by atoms with Crippen LogP contribution in [0.25, 0.3) is 0 Å². The minimum atomic E-state index is -2.77. The molecule has 0 aromatic carbocycles. The maximum Gasteiger partial charge on any atom is 0.266 e. The molecule has 2 rings (SSSR count). The molecule has 0 radical (unpaired) electrons. The quantitative estimate of drug-likeness (QED) is 0.922. The van der Waals surface area contributed by atoms with Gasteiger partial charge in [-0.1, -0.05) is 13.8 Å². The van der Waals surface area contributed by atoms with Gasteiger partial charge < -0.3 is 10.0 Å². The number of piperidine rings is 1. The van der Waals surface area contributed by atoms with Crippen molar-refractivity contribution in [1.82, 2.24) is 9.88 Å². The normalized spacial score (nSPS) is 18.3. The number of aliphatic hydroxyl groups is 1. The van der Waals surface area contributed by atoms with Crippen molar-refractivity contribution in [2.45, 2.75) is 52.1 Å². The second kappa shape index (κ2) is 6.58. The van der Waals surface area contributed by atoms with Crippen LogP contribution in [-0.2, 0) is 6.42 Å². The number of rotatable bonds is 4. The molecular formula is C15H22F2N2O2S. The Kier molecular flexibility index (Phi) is 5.17. The fraction of sp³-hybridized carbons (Fsp3) is 0.733. The third-order valence-corrected chi connectivity index (χ3v) is 4.92. The van der Waals surface area contributed by atoms with Gasteiger partial charge in [-0.05, 0) is 32.1 Å². The predicted octanol–water partition coefficient (Wildman–Crippen LogP) is 2.88. The molecule has 0 aliphatic carbocycles. The lowest BCUT2D eigenvalue weighted by molar-refractivity contribution is -0.122. The molecule has 1 fully saturated rings. The maximum atomic E-state index is 12.8. The van der Waals surface area contributed by atoms with Crippen molar-refractivity contribution >= 4 is 17.2 Å². The summed E-state index contributed by atoms with van der Waals surface area (Å²) in [5.74, 6) is 0.232. The average Bonchev–Trinajstić information content (AvgIpc) is 2.78. The molecule has 1 N–H and O–H groups in total. The summed E-state index contributed by atoms with van der Waals surface area (Å²) in [5, 5.41) is 10.6. The molecule has 1 aromatic rings. The van der Waals surface area contributed by atoms with Gasteiger partial charge in [0.05, 0.1) is 10.7 Å². The van der Waals surface area contributed by atoms with E-state index in [1.807, 2.05) is 6.92 Å². The molecule has 0 spiro atoms. The monoisotopic (exact) mass is 332 g/mol. The van der Waals surface area contributed by atoms with E-state index >= 15 is 0 Å². The Morgan fingerprint density at radius 1 is 1.41 bits per heavy atom. The Hall–Kier alpha value is -1.08. The van der Waals surface area contributed by atoms with Crippen molar-refractivity contribution in [3.63, 3.8) is 0 Å². The molecule has 0 bridgehead atoms. The van der Waals surface area contributed by atoms with E-state index in [4.69, 9.17) is 0 Å². The number of nitrogens with zero attached hydrogens (tertiary/aromatic N) is 2. The number of carbonyl (C=O) groups is 1. The zero-order valence-corrected chi connectivity index (χ0v) is 13.9. The van der Waals surface area contributed by atoms with Gasteiger partial charge in [-0.25, -0.2) is 13.8 Å². The second-order valence-electron chi connectivity index (χ2n) is 6.30. The summed E-state index contributed by atoms with van der Waals surface area (Å²) in [5.41, 5.74) is -1.17. The van der Waals surface area contributed by atoms with Gasteiger partial charge in [0.25, 0.3) is 12.3 Å². The summed E-state index contributed by atoms with van der Waals surface area (Å²) >= 11 is 1.35. The third-order valence-electron chi connectivity index (χ3n) is 3.92. The Balaban J connectivity index is 2.10. The van der Waals surface area contributed by atoms with Gasteiger partial charge >= 0.3 is 0 Å². The highest BCUT2D eigenvalue weighted by atomic mass is 32.1. The van der Waals surface area contributed by atoms with Crippen LogP contribution in [-0.4, -0.2) is 46.0 Å². The van der Waals surface area contributed by atoms with Crippen LogP contribution in [0.2, 0.25) is 0 Å². The van der Waals surface area contributed by atoms with Gasteiger partial charge in [-0.15, -0.1) is 11.3 Å². The highest BCUT2D eigenvalue weighted by Gasteiger charge is 2.42. The molecule has 2 heterocycles. The van der Waals surface area contributed by atoms with Crippen molar-refractivity contribution < 1.29 is 18.7 Å². The van der Waals surface area contributed by atoms with Crippen molar-refractivity contribution in [1.29, 1.82) is 0 Å². The lowest BCUT2D eigenvalue weighted by atomic mass is 9.92. The largest absolute Gasteiger partial charge is 0.384 e. The standard InChI is InChI=1S/C15H22F2N2O2S/c1-9(2)8-11-12(22-10(3)18-11)13(20)19-6-4-15(21,5-7-19)14(16)17/h9,14,21H,4-8H2,1-3H3. The van der Waals surface area contributed by atoms with Crippen LogP contribution in [0, 0.1) is 12.8 Å². The van der Waals surface area contributed by atoms with Crippen molar-refractivity contribution in [2.24, 2.45) is 5.92 Å². The van der Waals surface area contributed by atoms with Crippen LogP contribution < -0.4 is 0 Å². The molecule has 1 aromatic heterocycles. The number of hydrogen-bond donors (Lipinski definition) is 1. The van der Waals surface area contributed by atoms with Crippen LogP contribution in [0.4, 0.5) is 8.78 Å². The van der Waals surface area contributed by atoms with E-state index in [0.717, 1.165) is 17.1 Å². The Morgan fingerprint density at radius 2 is 2.00 bits per heavy atom. The molecule has 0 atom stereocenters. The lowest BCUT2D eigenvalue weighted by Crippen LogP contribution is -2.50. The third kappa shape index (κ3) is 3.63. The first-order chi connectivity index (χ1) is 10.2. The molecule has 124 valence electrons. The number of aromatic nitrogens is 1. The summed E-state index contributed by atoms with van der Waals surface area (Å²) in [6.07, 6.45) is -2.23. The van der Waals surface area contributed by atoms with Crippen LogP contribution in [0.1, 0.15) is 47.1 Å². The van der Waals surface area contributed by atoms with Crippen LogP contribution >= 0.6 is 11.3 Å². The number of amides is 1. The number of hydrogen-bond acceptors (Lipinski definition) is 4. The lowest BCUT2D eigenvalue weighted by Gasteiger charge is -2.37. The fourth-order valence-corrected chi connectivity index (χ4v) is 3.54. The van der Waals surface area contributed by atoms with Gasteiger partial charge in [0.1, 0.15) is 10.5 Å². The zero-order chi connectivity index (χ0) is 16.5. The molecule has 1 saturated heterocycles. The SMILES string of the molecule is Cc1nc(CC(C)C)c(C(=O)N2CCC(O)(C(F)F)CC2)s1. The first-order valence-electron chi connectivity index (χ1n) is 7.49. The second-order valence-corrected chi connectivity index (χ2v) is 7.51. The minimum absolute atomic E-state index is 0.0896. The Morgan fingerprint density at radius 3 is 2.50 bits per heavy atom. The number of aryl methyl sites for hydroxylation is 1.